The van der Waals surface area contributed by atoms with Crippen molar-refractivity contribution in [3.8, 4) is 11.5 Å². The van der Waals surface area contributed by atoms with Crippen LogP contribution in [0.1, 0.15) is 43.7 Å². The number of aliphatic hydroxyl groups is 1. The Bertz CT molecular complexity index is 1150. The van der Waals surface area contributed by atoms with E-state index in [1.807, 2.05) is 18.2 Å². The van der Waals surface area contributed by atoms with E-state index in [9.17, 15) is 9.90 Å². The van der Waals surface area contributed by atoms with Gasteiger partial charge in [-0.15, -0.1) is 0 Å². The smallest absolute Gasteiger partial charge is 0.307 e. The zero-order valence-corrected chi connectivity index (χ0v) is 21.5. The van der Waals surface area contributed by atoms with Crippen LogP contribution in [-0.2, 0) is 17.0 Å². The summed E-state index contributed by atoms with van der Waals surface area (Å²) in [5.74, 6) is 0.741. The maximum Gasteiger partial charge on any atom is 0.307 e. The molecule has 1 atom stereocenters. The number of anilines is 1. The largest absolute Gasteiger partial charge is 0.481 e. The normalized spacial score (nSPS) is 12.3. The third-order valence-corrected chi connectivity index (χ3v) is 6.67. The topological polar surface area (TPSA) is 78.8 Å². The van der Waals surface area contributed by atoms with Crippen molar-refractivity contribution in [3.63, 3.8) is 0 Å². The number of rotatable bonds is 9. The van der Waals surface area contributed by atoms with Crippen LogP contribution in [0.15, 0.2) is 60.7 Å². The Labute approximate surface area is 214 Å². The predicted molar refractivity (Wildman–Crippen MR) is 140 cm³/mol. The van der Waals surface area contributed by atoms with E-state index < -0.39 is 12.2 Å². The molecule has 0 aromatic heterocycles. The summed E-state index contributed by atoms with van der Waals surface area (Å²) in [6.07, 6.45) is -1.03. The minimum Gasteiger partial charge on any atom is -0.481 e. The third-order valence-electron chi connectivity index (χ3n) is 4.78. The highest BCUT2D eigenvalue weighted by atomic mass is 35.5. The molecule has 1 unspecified atom stereocenters. The molecule has 0 saturated carbocycles. The number of hydrogen-bond donors (Lipinski definition) is 3. The molecule has 180 valence electrons. The number of aliphatic carboxylic acids is 1. The Morgan fingerprint density at radius 2 is 1.74 bits per heavy atom. The standard InChI is InChI=1S/C26H27Cl2NO4S/c1-26(2,3)34-15-18-14-20(29-25(32)17-5-7-19(27)8-6-17)9-11-22(18)33-23-12-16(13-24(30)31)4-10-21(23)28/h4-12,14,25,29,32H,13,15H2,1-3H3,(H,30,31). The molecule has 0 amide bonds. The molecule has 0 spiro atoms. The minimum absolute atomic E-state index is 0.0303. The summed E-state index contributed by atoms with van der Waals surface area (Å²) >= 11 is 14.0. The lowest BCUT2D eigenvalue weighted by Crippen LogP contribution is -2.10. The maximum absolute atomic E-state index is 11.1. The van der Waals surface area contributed by atoms with Gasteiger partial charge in [-0.3, -0.25) is 4.79 Å². The minimum atomic E-state index is -0.926. The van der Waals surface area contributed by atoms with E-state index in [-0.39, 0.29) is 11.2 Å². The van der Waals surface area contributed by atoms with Crippen molar-refractivity contribution in [2.45, 2.75) is 43.9 Å². The molecule has 3 aromatic carbocycles. The molecule has 0 heterocycles. The van der Waals surface area contributed by atoms with Crippen LogP contribution in [0.5, 0.6) is 11.5 Å². The predicted octanol–water partition coefficient (Wildman–Crippen LogP) is 7.55. The van der Waals surface area contributed by atoms with Crippen LogP contribution in [0.2, 0.25) is 10.0 Å². The fraction of sp³-hybridized carbons (Fsp3) is 0.269. The van der Waals surface area contributed by atoms with Crippen molar-refractivity contribution in [1.82, 2.24) is 0 Å². The van der Waals surface area contributed by atoms with E-state index in [0.717, 1.165) is 11.3 Å². The first kappa shape index (κ1) is 26.2. The highest BCUT2D eigenvalue weighted by Crippen LogP contribution is 2.37. The van der Waals surface area contributed by atoms with Crippen LogP contribution in [0.3, 0.4) is 0 Å². The summed E-state index contributed by atoms with van der Waals surface area (Å²) in [6.45, 7) is 6.41. The first-order valence-corrected chi connectivity index (χ1v) is 12.4. The monoisotopic (exact) mass is 519 g/mol. The van der Waals surface area contributed by atoms with Gasteiger partial charge in [0.15, 0.2) is 6.23 Å². The lowest BCUT2D eigenvalue weighted by Gasteiger charge is -2.21. The quantitative estimate of drug-likeness (QED) is 0.253. The van der Waals surface area contributed by atoms with Gasteiger partial charge in [0.25, 0.3) is 0 Å². The van der Waals surface area contributed by atoms with Gasteiger partial charge < -0.3 is 20.3 Å². The van der Waals surface area contributed by atoms with E-state index in [4.69, 9.17) is 33.0 Å². The van der Waals surface area contributed by atoms with Crippen molar-refractivity contribution < 1.29 is 19.7 Å². The van der Waals surface area contributed by atoms with Crippen LogP contribution in [0, 0.1) is 0 Å². The number of halogens is 2. The highest BCUT2D eigenvalue weighted by molar-refractivity contribution is 7.99. The molecule has 3 rings (SSSR count). The summed E-state index contributed by atoms with van der Waals surface area (Å²) < 4.78 is 6.17. The maximum atomic E-state index is 11.1. The Morgan fingerprint density at radius 3 is 2.38 bits per heavy atom. The molecule has 0 radical (unpaired) electrons. The molecule has 5 nitrogen and oxygen atoms in total. The number of hydrogen-bond acceptors (Lipinski definition) is 5. The summed E-state index contributed by atoms with van der Waals surface area (Å²) in [5, 5.41) is 23.8. The Kier molecular flexibility index (Phi) is 8.77. The number of carboxylic acid groups (broad SMARTS) is 1. The van der Waals surface area contributed by atoms with Crippen LogP contribution in [0.4, 0.5) is 5.69 Å². The van der Waals surface area contributed by atoms with Crippen molar-refractivity contribution in [2.75, 3.05) is 5.32 Å². The van der Waals surface area contributed by atoms with Gasteiger partial charge in [-0.25, -0.2) is 0 Å². The van der Waals surface area contributed by atoms with Crippen molar-refractivity contribution >= 4 is 46.6 Å². The highest BCUT2D eigenvalue weighted by Gasteiger charge is 2.16. The molecule has 0 aliphatic heterocycles. The second-order valence-corrected chi connectivity index (χ2v) is 11.4. The number of carboxylic acids is 1. The molecule has 0 fully saturated rings. The number of benzene rings is 3. The first-order valence-electron chi connectivity index (χ1n) is 10.7. The van der Waals surface area contributed by atoms with Gasteiger partial charge in [-0.1, -0.05) is 62.2 Å². The van der Waals surface area contributed by atoms with Gasteiger partial charge in [0.1, 0.15) is 11.5 Å². The van der Waals surface area contributed by atoms with Gasteiger partial charge >= 0.3 is 5.97 Å². The third kappa shape index (κ3) is 7.84. The molecule has 0 aliphatic carbocycles. The molecule has 0 saturated heterocycles. The van der Waals surface area contributed by atoms with Gasteiger partial charge in [0.05, 0.1) is 11.4 Å². The van der Waals surface area contributed by atoms with Crippen LogP contribution >= 0.6 is 35.0 Å². The van der Waals surface area contributed by atoms with Crippen LogP contribution < -0.4 is 10.1 Å². The second-order valence-electron chi connectivity index (χ2n) is 8.76. The summed E-state index contributed by atoms with van der Waals surface area (Å²) in [6, 6.07) is 17.5. The molecule has 0 aliphatic rings. The number of carbonyl (C=O) groups is 1. The molecular formula is C26H27Cl2NO4S. The van der Waals surface area contributed by atoms with Crippen molar-refractivity contribution in [2.24, 2.45) is 0 Å². The summed E-state index contributed by atoms with van der Waals surface area (Å²) in [5.41, 5.74) is 2.93. The van der Waals surface area contributed by atoms with Gasteiger partial charge in [-0.2, -0.15) is 11.8 Å². The van der Waals surface area contributed by atoms with E-state index >= 15 is 0 Å². The first-order chi connectivity index (χ1) is 16.0. The van der Waals surface area contributed by atoms with Crippen molar-refractivity contribution in [3.05, 3.63) is 87.4 Å². The molecule has 0 bridgehead atoms. The lowest BCUT2D eigenvalue weighted by molar-refractivity contribution is -0.136. The van der Waals surface area contributed by atoms with Crippen LogP contribution in [-0.4, -0.2) is 20.9 Å². The fourth-order valence-electron chi connectivity index (χ4n) is 3.09. The van der Waals surface area contributed by atoms with Gasteiger partial charge in [0.2, 0.25) is 0 Å². The summed E-state index contributed by atoms with van der Waals surface area (Å²) in [7, 11) is 0. The molecule has 34 heavy (non-hydrogen) atoms. The number of aliphatic hydroxyl groups excluding tert-OH is 1. The van der Waals surface area contributed by atoms with E-state index in [1.165, 1.54) is 0 Å². The Hall–Kier alpha value is -2.38. The zero-order valence-electron chi connectivity index (χ0n) is 19.1. The van der Waals surface area contributed by atoms with E-state index in [1.54, 1.807) is 54.2 Å². The van der Waals surface area contributed by atoms with Gasteiger partial charge in [-0.05, 0) is 48.0 Å². The van der Waals surface area contributed by atoms with E-state index in [2.05, 4.69) is 26.1 Å². The van der Waals surface area contributed by atoms with E-state index in [0.29, 0.717) is 38.4 Å². The number of ether oxygens (including phenoxy) is 1. The second kappa shape index (κ2) is 11.4. The number of thioether (sulfide) groups is 1. The fourth-order valence-corrected chi connectivity index (χ4v) is 4.19. The van der Waals surface area contributed by atoms with Crippen LogP contribution in [0.25, 0.3) is 0 Å². The Balaban J connectivity index is 1.87. The van der Waals surface area contributed by atoms with Crippen molar-refractivity contribution in [1.29, 1.82) is 0 Å². The Morgan fingerprint density at radius 1 is 1.03 bits per heavy atom. The average molecular weight is 520 g/mol. The summed E-state index contributed by atoms with van der Waals surface area (Å²) in [4.78, 5) is 11.1. The van der Waals surface area contributed by atoms with Gasteiger partial charge in [0, 0.05) is 32.3 Å². The molecule has 8 heteroatoms. The lowest BCUT2D eigenvalue weighted by atomic mass is 10.1. The number of nitrogens with one attached hydrogen (secondary N) is 1. The zero-order chi connectivity index (χ0) is 24.9. The molecular weight excluding hydrogens is 493 g/mol. The average Bonchev–Trinajstić information content (AvgIpc) is 2.75. The molecule has 3 aromatic rings. The molecule has 3 N–H and O–H groups in total. The SMILES string of the molecule is CC(C)(C)SCc1cc(NC(O)c2ccc(Cl)cc2)ccc1Oc1cc(CC(=O)O)ccc1Cl.